The van der Waals surface area contributed by atoms with Gasteiger partial charge >= 0.3 is 11.9 Å². The minimum Gasteiger partial charge on any atom is -0.419 e. The Balaban J connectivity index is 1.61. The van der Waals surface area contributed by atoms with Gasteiger partial charge in [0, 0.05) is 45.3 Å². The van der Waals surface area contributed by atoms with Crippen molar-refractivity contribution < 1.29 is 19.1 Å². The number of benzene rings is 3. The van der Waals surface area contributed by atoms with Gasteiger partial charge in [0.2, 0.25) is 0 Å². The number of hydrogen-bond donors (Lipinski definition) is 1. The Labute approximate surface area is 195 Å². The van der Waals surface area contributed by atoms with Gasteiger partial charge in [0.15, 0.2) is 5.57 Å². The number of anilines is 1. The molecular weight excluding hydrogens is 442 g/mol. The molecule has 7 heteroatoms. The molecule has 3 aromatic carbocycles. The molecule has 0 radical (unpaired) electrons. The summed E-state index contributed by atoms with van der Waals surface area (Å²) in [5, 5.41) is 3.06. The lowest BCUT2D eigenvalue weighted by molar-refractivity contribution is -0.222. The van der Waals surface area contributed by atoms with E-state index in [0.717, 1.165) is 25.3 Å². The molecule has 162 valence electrons. The summed E-state index contributed by atoms with van der Waals surface area (Å²) in [4.78, 5) is 28.7. The first-order valence-corrected chi connectivity index (χ1v) is 11.6. The number of rotatable bonds is 6. The van der Waals surface area contributed by atoms with Gasteiger partial charge in [-0.3, -0.25) is 0 Å². The maximum absolute atomic E-state index is 12.2. The minimum absolute atomic E-state index is 0.178. The van der Waals surface area contributed by atoms with E-state index in [1.165, 1.54) is 20.0 Å². The quantitative estimate of drug-likeness (QED) is 0.268. The van der Waals surface area contributed by atoms with E-state index in [4.69, 9.17) is 9.47 Å². The Morgan fingerprint density at radius 3 is 1.66 bits per heavy atom. The number of esters is 2. The summed E-state index contributed by atoms with van der Waals surface area (Å²) in [6.45, 7) is 3.04. The molecule has 3 aromatic rings. The second-order valence-corrected chi connectivity index (χ2v) is 9.70. The first kappa shape index (κ1) is 22.0. The zero-order chi connectivity index (χ0) is 22.6. The van der Waals surface area contributed by atoms with E-state index < -0.39 is 17.7 Å². The molecule has 1 N–H and O–H groups in total. The van der Waals surface area contributed by atoms with Gasteiger partial charge < -0.3 is 14.8 Å². The van der Waals surface area contributed by atoms with E-state index in [1.807, 2.05) is 72.8 Å². The number of cyclic esters (lactones) is 2. The van der Waals surface area contributed by atoms with Crippen LogP contribution in [-0.4, -0.2) is 17.7 Å². The van der Waals surface area contributed by atoms with Gasteiger partial charge in [-0.1, -0.05) is 59.9 Å². The summed E-state index contributed by atoms with van der Waals surface area (Å²) in [5.74, 6) is -2.70. The van der Waals surface area contributed by atoms with Crippen LogP contribution in [0.5, 0.6) is 0 Å². The molecule has 5 nitrogen and oxygen atoms in total. The topological polar surface area (TPSA) is 64.6 Å². The molecule has 0 atom stereocenters. The van der Waals surface area contributed by atoms with Crippen LogP contribution in [0.1, 0.15) is 13.8 Å². The smallest absolute Gasteiger partial charge is 0.350 e. The van der Waals surface area contributed by atoms with E-state index in [1.54, 1.807) is 23.5 Å². The predicted molar refractivity (Wildman–Crippen MR) is 126 cm³/mol. The van der Waals surface area contributed by atoms with Crippen molar-refractivity contribution in [1.29, 1.82) is 0 Å². The molecule has 32 heavy (non-hydrogen) atoms. The van der Waals surface area contributed by atoms with Gasteiger partial charge in [0.25, 0.3) is 5.79 Å². The Morgan fingerprint density at radius 1 is 0.719 bits per heavy atom. The zero-order valence-corrected chi connectivity index (χ0v) is 19.2. The highest BCUT2D eigenvalue weighted by Gasteiger charge is 2.38. The molecule has 0 aromatic heterocycles. The maximum Gasteiger partial charge on any atom is 0.350 e. The molecule has 4 rings (SSSR count). The van der Waals surface area contributed by atoms with Gasteiger partial charge in [-0.15, -0.1) is 0 Å². The van der Waals surface area contributed by atoms with Crippen molar-refractivity contribution in [3.63, 3.8) is 0 Å². The van der Waals surface area contributed by atoms with Gasteiger partial charge in [0.1, 0.15) is 0 Å². The summed E-state index contributed by atoms with van der Waals surface area (Å²) in [7, 11) is 0. The molecule has 0 amide bonds. The van der Waals surface area contributed by atoms with Gasteiger partial charge in [-0.2, -0.15) is 0 Å². The Bertz CT molecular complexity index is 1080. The van der Waals surface area contributed by atoms with E-state index in [9.17, 15) is 9.59 Å². The fourth-order valence-corrected chi connectivity index (χ4v) is 4.91. The molecule has 1 fully saturated rings. The number of carbonyl (C=O) groups excluding carboxylic acids is 2. The van der Waals surface area contributed by atoms with Crippen LogP contribution in [0, 0.1) is 0 Å². The molecule has 1 aliphatic rings. The molecule has 0 spiro atoms. The highest BCUT2D eigenvalue weighted by atomic mass is 32.2. The summed E-state index contributed by atoms with van der Waals surface area (Å²) in [6.07, 6.45) is 1.34. The first-order valence-electron chi connectivity index (χ1n) is 9.92. The van der Waals surface area contributed by atoms with Crippen LogP contribution in [-0.2, 0) is 19.1 Å². The van der Waals surface area contributed by atoms with Crippen molar-refractivity contribution in [2.45, 2.75) is 39.2 Å². The molecule has 1 aliphatic heterocycles. The minimum atomic E-state index is -1.27. The van der Waals surface area contributed by atoms with E-state index >= 15 is 0 Å². The van der Waals surface area contributed by atoms with Crippen LogP contribution >= 0.6 is 23.5 Å². The van der Waals surface area contributed by atoms with Crippen LogP contribution in [0.4, 0.5) is 5.69 Å². The lowest BCUT2D eigenvalue weighted by Crippen LogP contribution is -2.42. The van der Waals surface area contributed by atoms with Gasteiger partial charge in [-0.25, -0.2) is 9.59 Å². The van der Waals surface area contributed by atoms with Crippen molar-refractivity contribution in [2.75, 3.05) is 5.32 Å². The Kier molecular flexibility index (Phi) is 6.58. The molecule has 0 saturated carbocycles. The number of nitrogens with one attached hydrogen (secondary N) is 1. The van der Waals surface area contributed by atoms with Crippen LogP contribution in [0.15, 0.2) is 110 Å². The largest absolute Gasteiger partial charge is 0.419 e. The highest BCUT2D eigenvalue weighted by Crippen LogP contribution is 2.36. The van der Waals surface area contributed by atoms with E-state index in [0.29, 0.717) is 0 Å². The fourth-order valence-electron chi connectivity index (χ4n) is 2.96. The van der Waals surface area contributed by atoms with Gasteiger partial charge in [0.05, 0.1) is 0 Å². The third-order valence-electron chi connectivity index (χ3n) is 4.34. The van der Waals surface area contributed by atoms with Crippen LogP contribution in [0.25, 0.3) is 0 Å². The first-order chi connectivity index (χ1) is 15.4. The fraction of sp³-hybridized carbons (Fsp3) is 0.120. The SMILES string of the molecule is CC1(C)OC(=O)C(=CNc2cc(Sc3ccccc3)cc(Sc3ccccc3)c2)C(=O)O1. The third kappa shape index (κ3) is 5.75. The molecule has 0 aliphatic carbocycles. The summed E-state index contributed by atoms with van der Waals surface area (Å²) < 4.78 is 10.3. The van der Waals surface area contributed by atoms with Crippen molar-refractivity contribution in [1.82, 2.24) is 0 Å². The second kappa shape index (κ2) is 9.54. The second-order valence-electron chi connectivity index (χ2n) is 7.40. The number of carbonyl (C=O) groups is 2. The summed E-state index contributed by atoms with van der Waals surface area (Å²) >= 11 is 3.26. The third-order valence-corrected chi connectivity index (χ3v) is 6.30. The molecule has 0 bridgehead atoms. The average Bonchev–Trinajstić information content (AvgIpc) is 2.74. The zero-order valence-electron chi connectivity index (χ0n) is 17.5. The molecule has 1 saturated heterocycles. The van der Waals surface area contributed by atoms with Gasteiger partial charge in [-0.05, 0) is 42.5 Å². The molecular formula is C25H21NO4S2. The van der Waals surface area contributed by atoms with Crippen LogP contribution in [0.2, 0.25) is 0 Å². The van der Waals surface area contributed by atoms with Crippen molar-refractivity contribution >= 4 is 41.1 Å². The Hall–Kier alpha value is -3.16. The summed E-state index contributed by atoms with van der Waals surface area (Å²) in [6, 6.07) is 26.2. The van der Waals surface area contributed by atoms with Crippen molar-refractivity contribution in [3.05, 3.63) is 90.6 Å². The van der Waals surface area contributed by atoms with Crippen molar-refractivity contribution in [3.8, 4) is 0 Å². The van der Waals surface area contributed by atoms with E-state index in [2.05, 4.69) is 11.4 Å². The average molecular weight is 464 g/mol. The predicted octanol–water partition coefficient (Wildman–Crippen LogP) is 6.12. The monoisotopic (exact) mass is 463 g/mol. The Morgan fingerprint density at radius 2 is 1.19 bits per heavy atom. The van der Waals surface area contributed by atoms with Crippen LogP contribution in [0.3, 0.4) is 0 Å². The normalized spacial score (nSPS) is 15.0. The highest BCUT2D eigenvalue weighted by molar-refractivity contribution is 8.00. The van der Waals surface area contributed by atoms with Crippen LogP contribution < -0.4 is 5.32 Å². The lowest BCUT2D eigenvalue weighted by atomic mass is 10.2. The lowest BCUT2D eigenvalue weighted by Gasteiger charge is -2.29. The maximum atomic E-state index is 12.2. The number of ether oxygens (including phenoxy) is 2. The van der Waals surface area contributed by atoms with E-state index in [-0.39, 0.29) is 5.57 Å². The summed E-state index contributed by atoms with van der Waals surface area (Å²) in [5.41, 5.74) is 0.560. The standard InChI is InChI=1S/C25H21NO4S2/c1-25(2)29-23(27)22(24(28)30-25)16-26-17-13-20(31-18-9-5-3-6-10-18)15-21(14-17)32-19-11-7-4-8-12-19/h3-16,26H,1-2H3. The number of hydrogen-bond acceptors (Lipinski definition) is 7. The molecule has 1 heterocycles. The molecule has 0 unspecified atom stereocenters. The van der Waals surface area contributed by atoms with Crippen molar-refractivity contribution in [2.24, 2.45) is 0 Å².